The Labute approximate surface area is 183 Å². The minimum atomic E-state index is -0.267. The van der Waals surface area contributed by atoms with Crippen LogP contribution in [0, 0.1) is 13.8 Å². The maximum atomic E-state index is 12.6. The molecule has 4 aromatic rings. The SMILES string of the molecule is CC(=O)Nc1cc(C)nn1-c1ccc(NC(=O)c2csc(-c3ccc(C)cc3)n2)cc1. The molecular weight excluding hydrogens is 410 g/mol. The smallest absolute Gasteiger partial charge is 0.275 e. The van der Waals surface area contributed by atoms with E-state index in [0.29, 0.717) is 17.2 Å². The minimum Gasteiger partial charge on any atom is -0.321 e. The standard InChI is InChI=1S/C23H21N5O2S/c1-14-4-6-17(7-5-14)23-26-20(13-31-23)22(30)25-18-8-10-19(11-9-18)28-21(24-16(3)29)12-15(2)27-28/h4-13H,1-3H3,(H,24,29)(H,25,30). The quantitative estimate of drug-likeness (QED) is 0.474. The van der Waals surface area contributed by atoms with E-state index >= 15 is 0 Å². The number of carbonyl (C=O) groups is 2. The van der Waals surface area contributed by atoms with Gasteiger partial charge in [0, 0.05) is 29.6 Å². The van der Waals surface area contributed by atoms with Gasteiger partial charge >= 0.3 is 0 Å². The first-order chi connectivity index (χ1) is 14.9. The summed E-state index contributed by atoms with van der Waals surface area (Å²) in [5.74, 6) is 0.155. The van der Waals surface area contributed by atoms with Crippen molar-refractivity contribution >= 4 is 34.7 Å². The third kappa shape index (κ3) is 4.70. The first-order valence-electron chi connectivity index (χ1n) is 9.67. The zero-order valence-corrected chi connectivity index (χ0v) is 18.2. The molecule has 0 bridgehead atoms. The summed E-state index contributed by atoms with van der Waals surface area (Å²) in [4.78, 5) is 28.5. The number of aryl methyl sites for hydroxylation is 2. The molecule has 0 aliphatic rings. The van der Waals surface area contributed by atoms with Gasteiger partial charge in [0.25, 0.3) is 5.91 Å². The van der Waals surface area contributed by atoms with E-state index in [2.05, 4.69) is 20.7 Å². The minimum absolute atomic E-state index is 0.168. The molecule has 156 valence electrons. The first kappa shape index (κ1) is 20.5. The fraction of sp³-hybridized carbons (Fsp3) is 0.130. The molecule has 2 heterocycles. The van der Waals surface area contributed by atoms with Crippen LogP contribution >= 0.6 is 11.3 Å². The fourth-order valence-electron chi connectivity index (χ4n) is 3.05. The number of hydrogen-bond donors (Lipinski definition) is 2. The van der Waals surface area contributed by atoms with Gasteiger partial charge in [0.15, 0.2) is 0 Å². The summed E-state index contributed by atoms with van der Waals surface area (Å²) in [7, 11) is 0. The Bertz CT molecular complexity index is 1240. The largest absolute Gasteiger partial charge is 0.321 e. The van der Waals surface area contributed by atoms with E-state index in [1.165, 1.54) is 23.8 Å². The summed E-state index contributed by atoms with van der Waals surface area (Å²) in [5.41, 5.74) is 4.74. The monoisotopic (exact) mass is 431 g/mol. The fourth-order valence-corrected chi connectivity index (χ4v) is 3.86. The van der Waals surface area contributed by atoms with Crippen LogP contribution in [0.25, 0.3) is 16.3 Å². The number of hydrogen-bond acceptors (Lipinski definition) is 5. The molecule has 4 rings (SSSR count). The number of benzene rings is 2. The van der Waals surface area contributed by atoms with Crippen molar-refractivity contribution in [2.24, 2.45) is 0 Å². The van der Waals surface area contributed by atoms with Crippen molar-refractivity contribution in [1.82, 2.24) is 14.8 Å². The third-order valence-electron chi connectivity index (χ3n) is 4.54. The predicted octanol–water partition coefficient (Wildman–Crippen LogP) is 4.82. The van der Waals surface area contributed by atoms with Crippen LogP contribution in [0.4, 0.5) is 11.5 Å². The van der Waals surface area contributed by atoms with Crippen LogP contribution in [0.1, 0.15) is 28.7 Å². The second-order valence-corrected chi connectivity index (χ2v) is 8.03. The number of aromatic nitrogens is 3. The lowest BCUT2D eigenvalue weighted by Gasteiger charge is -2.09. The molecule has 2 aromatic carbocycles. The maximum Gasteiger partial charge on any atom is 0.275 e. The lowest BCUT2D eigenvalue weighted by atomic mass is 10.2. The van der Waals surface area contributed by atoms with Gasteiger partial charge in [0.1, 0.15) is 16.5 Å². The molecule has 0 radical (unpaired) electrons. The molecule has 0 aliphatic carbocycles. The summed E-state index contributed by atoms with van der Waals surface area (Å²) in [6.07, 6.45) is 0. The van der Waals surface area contributed by atoms with Crippen LogP contribution in [0.3, 0.4) is 0 Å². The van der Waals surface area contributed by atoms with Crippen LogP contribution in [-0.4, -0.2) is 26.6 Å². The van der Waals surface area contributed by atoms with Crippen molar-refractivity contribution in [3.05, 3.63) is 76.9 Å². The molecule has 0 unspecified atom stereocenters. The average molecular weight is 432 g/mol. The molecule has 0 fully saturated rings. The van der Waals surface area contributed by atoms with Gasteiger partial charge in [-0.1, -0.05) is 29.8 Å². The van der Waals surface area contributed by atoms with Crippen molar-refractivity contribution in [2.45, 2.75) is 20.8 Å². The number of nitrogens with one attached hydrogen (secondary N) is 2. The normalized spacial score (nSPS) is 10.7. The summed E-state index contributed by atoms with van der Waals surface area (Å²) in [6.45, 7) is 5.34. The Morgan fingerprint density at radius 3 is 2.35 bits per heavy atom. The summed E-state index contributed by atoms with van der Waals surface area (Å²) in [5, 5.41) is 12.6. The van der Waals surface area contributed by atoms with Crippen LogP contribution in [-0.2, 0) is 4.79 Å². The van der Waals surface area contributed by atoms with Crippen molar-refractivity contribution in [3.8, 4) is 16.3 Å². The summed E-state index contributed by atoms with van der Waals surface area (Å²) >= 11 is 1.44. The van der Waals surface area contributed by atoms with Gasteiger partial charge in [-0.15, -0.1) is 11.3 Å². The van der Waals surface area contributed by atoms with E-state index in [9.17, 15) is 9.59 Å². The van der Waals surface area contributed by atoms with Gasteiger partial charge in [-0.2, -0.15) is 5.10 Å². The second-order valence-electron chi connectivity index (χ2n) is 7.17. The zero-order valence-electron chi connectivity index (χ0n) is 17.3. The van der Waals surface area contributed by atoms with Crippen molar-refractivity contribution < 1.29 is 9.59 Å². The third-order valence-corrected chi connectivity index (χ3v) is 5.43. The highest BCUT2D eigenvalue weighted by Gasteiger charge is 2.13. The van der Waals surface area contributed by atoms with Crippen LogP contribution in [0.15, 0.2) is 60.0 Å². The Morgan fingerprint density at radius 2 is 1.68 bits per heavy atom. The molecule has 2 amide bonds. The molecule has 7 nitrogen and oxygen atoms in total. The topological polar surface area (TPSA) is 88.9 Å². The van der Waals surface area contributed by atoms with E-state index in [-0.39, 0.29) is 11.8 Å². The Hall–Kier alpha value is -3.78. The summed E-state index contributed by atoms with van der Waals surface area (Å²) < 4.78 is 1.65. The first-order valence-corrected chi connectivity index (χ1v) is 10.6. The maximum absolute atomic E-state index is 12.6. The molecule has 31 heavy (non-hydrogen) atoms. The number of nitrogens with zero attached hydrogens (tertiary/aromatic N) is 3. The Balaban J connectivity index is 1.48. The predicted molar refractivity (Wildman–Crippen MR) is 123 cm³/mol. The number of amides is 2. The van der Waals surface area contributed by atoms with Gasteiger partial charge in [-0.05, 0) is 38.1 Å². The number of anilines is 2. The molecule has 2 aromatic heterocycles. The molecular formula is C23H21N5O2S. The Morgan fingerprint density at radius 1 is 0.968 bits per heavy atom. The molecule has 0 saturated carbocycles. The molecule has 0 spiro atoms. The number of rotatable bonds is 5. The van der Waals surface area contributed by atoms with E-state index in [0.717, 1.165) is 22.0 Å². The highest BCUT2D eigenvalue weighted by Crippen LogP contribution is 2.25. The number of thiazole rings is 1. The Kier molecular flexibility index (Phi) is 5.64. The van der Waals surface area contributed by atoms with Gasteiger partial charge in [0.05, 0.1) is 11.4 Å². The van der Waals surface area contributed by atoms with Crippen molar-refractivity contribution in [1.29, 1.82) is 0 Å². The lowest BCUT2D eigenvalue weighted by molar-refractivity contribution is -0.114. The van der Waals surface area contributed by atoms with Gasteiger partial charge in [-0.25, -0.2) is 9.67 Å². The van der Waals surface area contributed by atoms with Gasteiger partial charge < -0.3 is 10.6 Å². The molecule has 8 heteroatoms. The lowest BCUT2D eigenvalue weighted by Crippen LogP contribution is -2.13. The van der Waals surface area contributed by atoms with Gasteiger partial charge in [-0.3, -0.25) is 9.59 Å². The number of carbonyl (C=O) groups excluding carboxylic acids is 2. The van der Waals surface area contributed by atoms with Crippen LogP contribution in [0.5, 0.6) is 0 Å². The van der Waals surface area contributed by atoms with E-state index in [1.807, 2.05) is 50.2 Å². The highest BCUT2D eigenvalue weighted by atomic mass is 32.1. The highest BCUT2D eigenvalue weighted by molar-refractivity contribution is 7.13. The summed E-state index contributed by atoms with van der Waals surface area (Å²) in [6, 6.07) is 17.1. The molecule has 0 aliphatic heterocycles. The molecule has 0 saturated heterocycles. The van der Waals surface area contributed by atoms with Crippen LogP contribution < -0.4 is 10.6 Å². The van der Waals surface area contributed by atoms with E-state index < -0.39 is 0 Å². The van der Waals surface area contributed by atoms with Gasteiger partial charge in [0.2, 0.25) is 5.91 Å². The van der Waals surface area contributed by atoms with Crippen molar-refractivity contribution in [3.63, 3.8) is 0 Å². The molecule has 0 atom stereocenters. The molecule has 2 N–H and O–H groups in total. The van der Waals surface area contributed by atoms with Crippen LogP contribution in [0.2, 0.25) is 0 Å². The van der Waals surface area contributed by atoms with E-state index in [1.54, 1.807) is 28.3 Å². The second kappa shape index (κ2) is 8.53. The zero-order chi connectivity index (χ0) is 22.0. The average Bonchev–Trinajstić information content (AvgIpc) is 3.36. The van der Waals surface area contributed by atoms with E-state index in [4.69, 9.17) is 0 Å². The van der Waals surface area contributed by atoms with Crippen molar-refractivity contribution in [2.75, 3.05) is 10.6 Å².